The lowest BCUT2D eigenvalue weighted by Gasteiger charge is -2.26. The summed E-state index contributed by atoms with van der Waals surface area (Å²) in [6, 6.07) is 6.60. The minimum atomic E-state index is -0.651. The number of aromatic amines is 1. The third-order valence-electron chi connectivity index (χ3n) is 3.75. The van der Waals surface area contributed by atoms with Crippen molar-refractivity contribution >= 4 is 22.7 Å². The fourth-order valence-corrected chi connectivity index (χ4v) is 2.14. The Balaban J connectivity index is 2.10. The first-order valence-corrected chi connectivity index (χ1v) is 7.16. The molecule has 0 aliphatic carbocycles. The number of carbonyl (C=O) groups excluding carboxylic acids is 2. The van der Waals surface area contributed by atoms with Crippen molar-refractivity contribution < 1.29 is 9.59 Å². The van der Waals surface area contributed by atoms with E-state index in [0.717, 1.165) is 10.9 Å². The first-order chi connectivity index (χ1) is 10.5. The first kappa shape index (κ1) is 16.0. The number of amides is 2. The number of H-pyrrole nitrogens is 1. The number of rotatable bonds is 5. The lowest BCUT2D eigenvalue weighted by molar-refractivity contribution is -0.133. The van der Waals surface area contributed by atoms with Crippen LogP contribution in [0.15, 0.2) is 24.3 Å². The molecule has 0 bridgehead atoms. The molecule has 0 saturated carbocycles. The third-order valence-corrected chi connectivity index (χ3v) is 3.75. The number of likely N-dealkylation sites (N-methyl/N-ethyl adjacent to an activating group) is 1. The van der Waals surface area contributed by atoms with E-state index in [1.54, 1.807) is 14.0 Å². The molecule has 7 heteroatoms. The summed E-state index contributed by atoms with van der Waals surface area (Å²) in [5.74, 6) is -0.571. The summed E-state index contributed by atoms with van der Waals surface area (Å²) < 4.78 is 0. The van der Waals surface area contributed by atoms with E-state index in [1.165, 1.54) is 4.90 Å². The van der Waals surface area contributed by atoms with E-state index in [-0.39, 0.29) is 23.6 Å². The van der Waals surface area contributed by atoms with Crippen LogP contribution in [0.1, 0.15) is 24.3 Å². The molecule has 0 fully saturated rings. The number of benzene rings is 1. The molecule has 1 aromatic heterocycles. The zero-order chi connectivity index (χ0) is 16.3. The van der Waals surface area contributed by atoms with Gasteiger partial charge in [0.1, 0.15) is 6.04 Å². The van der Waals surface area contributed by atoms with Crippen LogP contribution in [0.2, 0.25) is 0 Å². The minimum absolute atomic E-state index is 0.0851. The van der Waals surface area contributed by atoms with E-state index < -0.39 is 6.04 Å². The molecular weight excluding hydrogens is 282 g/mol. The van der Waals surface area contributed by atoms with E-state index >= 15 is 0 Å². The monoisotopic (exact) mass is 303 g/mol. The van der Waals surface area contributed by atoms with Crippen molar-refractivity contribution in [2.24, 2.45) is 5.73 Å². The largest absolute Gasteiger partial charge is 0.340 e. The van der Waals surface area contributed by atoms with E-state index in [2.05, 4.69) is 15.5 Å². The van der Waals surface area contributed by atoms with Crippen molar-refractivity contribution in [1.82, 2.24) is 20.4 Å². The van der Waals surface area contributed by atoms with E-state index in [0.29, 0.717) is 6.54 Å². The maximum absolute atomic E-state index is 12.3. The van der Waals surface area contributed by atoms with Crippen LogP contribution >= 0.6 is 0 Å². The Bertz CT molecular complexity index is 681. The topological polar surface area (TPSA) is 104 Å². The highest BCUT2D eigenvalue weighted by Gasteiger charge is 2.24. The molecular formula is C15H21N5O2. The number of nitrogens with one attached hydrogen (secondary N) is 2. The van der Waals surface area contributed by atoms with Crippen LogP contribution in [-0.4, -0.2) is 52.6 Å². The average Bonchev–Trinajstić information content (AvgIpc) is 2.96. The van der Waals surface area contributed by atoms with Crippen LogP contribution in [-0.2, 0) is 4.79 Å². The fraction of sp³-hybridized carbons (Fsp3) is 0.400. The van der Waals surface area contributed by atoms with Crippen molar-refractivity contribution in [3.05, 3.63) is 30.0 Å². The Hall–Kier alpha value is -2.41. The van der Waals surface area contributed by atoms with Crippen LogP contribution in [0, 0.1) is 0 Å². The van der Waals surface area contributed by atoms with Crippen LogP contribution < -0.4 is 11.1 Å². The summed E-state index contributed by atoms with van der Waals surface area (Å²) in [6.45, 7) is 3.87. The van der Waals surface area contributed by atoms with Gasteiger partial charge in [-0.25, -0.2) is 0 Å². The lowest BCUT2D eigenvalue weighted by atomic mass is 10.2. The van der Waals surface area contributed by atoms with Gasteiger partial charge < -0.3 is 16.0 Å². The Kier molecular flexibility index (Phi) is 4.77. The summed E-state index contributed by atoms with van der Waals surface area (Å²) in [7, 11) is 1.67. The van der Waals surface area contributed by atoms with Gasteiger partial charge in [0, 0.05) is 25.0 Å². The second kappa shape index (κ2) is 6.57. The standard InChI is InChI=1S/C15H21N5O2/c1-9(8-16)20(3)15(22)10(2)17-14(21)13-11-6-4-5-7-12(11)18-19-13/h4-7,9-10H,8,16H2,1-3H3,(H,17,21)(H,18,19). The van der Waals surface area contributed by atoms with Gasteiger partial charge in [0.15, 0.2) is 5.69 Å². The van der Waals surface area contributed by atoms with Crippen LogP contribution in [0.3, 0.4) is 0 Å². The Morgan fingerprint density at radius 2 is 2.05 bits per heavy atom. The second-order valence-electron chi connectivity index (χ2n) is 5.35. The second-order valence-corrected chi connectivity index (χ2v) is 5.35. The number of nitrogens with zero attached hydrogens (tertiary/aromatic N) is 2. The number of para-hydroxylation sites is 1. The normalized spacial score (nSPS) is 13.6. The molecule has 1 heterocycles. The maximum atomic E-state index is 12.3. The molecule has 118 valence electrons. The Morgan fingerprint density at radius 1 is 1.36 bits per heavy atom. The summed E-state index contributed by atoms with van der Waals surface area (Å²) in [5, 5.41) is 10.2. The smallest absolute Gasteiger partial charge is 0.273 e. The van der Waals surface area contributed by atoms with E-state index in [4.69, 9.17) is 5.73 Å². The molecule has 2 amide bonds. The number of fused-ring (bicyclic) bond motifs is 1. The van der Waals surface area contributed by atoms with Crippen LogP contribution in [0.25, 0.3) is 10.9 Å². The first-order valence-electron chi connectivity index (χ1n) is 7.16. The fourth-order valence-electron chi connectivity index (χ4n) is 2.14. The van der Waals surface area contributed by atoms with Gasteiger partial charge in [-0.1, -0.05) is 18.2 Å². The van der Waals surface area contributed by atoms with Gasteiger partial charge >= 0.3 is 0 Å². The minimum Gasteiger partial charge on any atom is -0.340 e. The third kappa shape index (κ3) is 3.09. The highest BCUT2D eigenvalue weighted by atomic mass is 16.2. The predicted octanol–water partition coefficient (Wildman–Crippen LogP) is 0.487. The Labute approximate surface area is 128 Å². The highest BCUT2D eigenvalue weighted by Crippen LogP contribution is 2.15. The molecule has 7 nitrogen and oxygen atoms in total. The summed E-state index contributed by atoms with van der Waals surface area (Å²) in [4.78, 5) is 26.1. The SMILES string of the molecule is CC(NC(=O)c1n[nH]c2ccccc12)C(=O)N(C)C(C)CN. The van der Waals surface area contributed by atoms with Crippen LogP contribution in [0.5, 0.6) is 0 Å². The summed E-state index contributed by atoms with van der Waals surface area (Å²) >= 11 is 0. The number of hydrogen-bond donors (Lipinski definition) is 3. The molecule has 0 aliphatic rings. The zero-order valence-corrected chi connectivity index (χ0v) is 13.0. The quantitative estimate of drug-likeness (QED) is 0.747. The summed E-state index contributed by atoms with van der Waals surface area (Å²) in [6.07, 6.45) is 0. The van der Waals surface area contributed by atoms with Crippen molar-refractivity contribution in [3.8, 4) is 0 Å². The van der Waals surface area contributed by atoms with Crippen molar-refractivity contribution in [2.45, 2.75) is 25.9 Å². The number of nitrogens with two attached hydrogens (primary N) is 1. The molecule has 0 saturated heterocycles. The Morgan fingerprint density at radius 3 is 2.73 bits per heavy atom. The lowest BCUT2D eigenvalue weighted by Crippen LogP contribution is -2.50. The molecule has 0 aliphatic heterocycles. The molecule has 2 atom stereocenters. The number of hydrogen-bond acceptors (Lipinski definition) is 4. The highest BCUT2D eigenvalue weighted by molar-refractivity contribution is 6.05. The predicted molar refractivity (Wildman–Crippen MR) is 84.3 cm³/mol. The molecule has 2 unspecified atom stereocenters. The zero-order valence-electron chi connectivity index (χ0n) is 13.0. The van der Waals surface area contributed by atoms with Gasteiger partial charge in [-0.15, -0.1) is 0 Å². The molecule has 1 aromatic carbocycles. The maximum Gasteiger partial charge on any atom is 0.273 e. The van der Waals surface area contributed by atoms with E-state index in [1.807, 2.05) is 31.2 Å². The van der Waals surface area contributed by atoms with Gasteiger partial charge in [-0.2, -0.15) is 5.10 Å². The molecule has 22 heavy (non-hydrogen) atoms. The van der Waals surface area contributed by atoms with Crippen LogP contribution in [0.4, 0.5) is 0 Å². The molecule has 2 aromatic rings. The average molecular weight is 303 g/mol. The van der Waals surface area contributed by atoms with Gasteiger partial charge in [0.25, 0.3) is 5.91 Å². The van der Waals surface area contributed by atoms with Gasteiger partial charge in [-0.05, 0) is 19.9 Å². The van der Waals surface area contributed by atoms with Crippen molar-refractivity contribution in [2.75, 3.05) is 13.6 Å². The van der Waals surface area contributed by atoms with Gasteiger partial charge in [-0.3, -0.25) is 14.7 Å². The molecule has 0 radical (unpaired) electrons. The number of carbonyl (C=O) groups is 2. The van der Waals surface area contributed by atoms with E-state index in [9.17, 15) is 9.59 Å². The molecule has 0 spiro atoms. The molecule has 2 rings (SSSR count). The van der Waals surface area contributed by atoms with Crippen molar-refractivity contribution in [1.29, 1.82) is 0 Å². The van der Waals surface area contributed by atoms with Gasteiger partial charge in [0.05, 0.1) is 5.52 Å². The summed E-state index contributed by atoms with van der Waals surface area (Å²) in [5.41, 5.74) is 6.62. The number of aromatic nitrogens is 2. The molecule has 4 N–H and O–H groups in total. The van der Waals surface area contributed by atoms with Crippen molar-refractivity contribution in [3.63, 3.8) is 0 Å². The van der Waals surface area contributed by atoms with Gasteiger partial charge in [0.2, 0.25) is 5.91 Å².